The Morgan fingerprint density at radius 1 is 1.35 bits per heavy atom. The molecule has 1 aromatic heterocycles. The molecule has 0 unspecified atom stereocenters. The molecule has 1 aliphatic heterocycles. The topological polar surface area (TPSA) is 38.1 Å². The molecule has 1 atom stereocenters. The van der Waals surface area contributed by atoms with Gasteiger partial charge in [-0.1, -0.05) is 26.0 Å². The van der Waals surface area contributed by atoms with Crippen molar-refractivity contribution in [3.8, 4) is 0 Å². The molecule has 23 heavy (non-hydrogen) atoms. The molecule has 1 fully saturated rings. The number of hydrogen-bond donors (Lipinski definition) is 0. The van der Waals surface area contributed by atoms with Gasteiger partial charge in [0.25, 0.3) is 5.91 Å². The highest BCUT2D eigenvalue weighted by molar-refractivity contribution is 5.93. The van der Waals surface area contributed by atoms with Crippen LogP contribution in [0.5, 0.6) is 0 Å². The normalized spacial score (nSPS) is 17.4. The molecule has 5 heteroatoms. The van der Waals surface area contributed by atoms with Crippen molar-refractivity contribution in [3.05, 3.63) is 53.1 Å². The average molecular weight is 315 g/mol. The molecule has 1 aromatic carbocycles. The van der Waals surface area contributed by atoms with Gasteiger partial charge in [0.05, 0.1) is 11.7 Å². The minimum absolute atomic E-state index is 0.00632. The largest absolute Gasteiger partial charge is 0.330 e. The molecule has 0 radical (unpaired) electrons. The smallest absolute Gasteiger partial charge is 0.272 e. The number of benzene rings is 1. The number of rotatable bonds is 4. The van der Waals surface area contributed by atoms with Gasteiger partial charge in [0.2, 0.25) is 0 Å². The summed E-state index contributed by atoms with van der Waals surface area (Å²) in [6, 6.07) is 8.35. The van der Waals surface area contributed by atoms with Gasteiger partial charge in [-0.15, -0.1) is 0 Å². The molecule has 3 rings (SSSR count). The lowest BCUT2D eigenvalue weighted by Crippen LogP contribution is -2.45. The van der Waals surface area contributed by atoms with E-state index in [9.17, 15) is 9.18 Å². The number of halogens is 1. The second-order valence-electron chi connectivity index (χ2n) is 6.28. The van der Waals surface area contributed by atoms with Crippen molar-refractivity contribution >= 4 is 5.91 Å². The molecule has 1 aliphatic rings. The molecule has 1 amide bonds. The molecule has 0 N–H and O–H groups in total. The van der Waals surface area contributed by atoms with Crippen molar-refractivity contribution in [2.75, 3.05) is 6.54 Å². The zero-order valence-electron chi connectivity index (χ0n) is 13.8. The van der Waals surface area contributed by atoms with E-state index in [-0.39, 0.29) is 17.8 Å². The maximum Gasteiger partial charge on any atom is 0.272 e. The van der Waals surface area contributed by atoms with Gasteiger partial charge in [-0.2, -0.15) is 5.10 Å². The van der Waals surface area contributed by atoms with Gasteiger partial charge in [0, 0.05) is 13.1 Å². The minimum Gasteiger partial charge on any atom is -0.330 e. The lowest BCUT2D eigenvalue weighted by atomic mass is 9.94. The Kier molecular flexibility index (Phi) is 4.20. The molecule has 122 valence electrons. The van der Waals surface area contributed by atoms with Gasteiger partial charge in [-0.25, -0.2) is 4.39 Å². The number of aryl methyl sites for hydroxylation is 1. The average Bonchev–Trinajstić information content (AvgIpc) is 2.93. The summed E-state index contributed by atoms with van der Waals surface area (Å²) in [7, 11) is 0. The van der Waals surface area contributed by atoms with Crippen LogP contribution in [-0.4, -0.2) is 27.1 Å². The van der Waals surface area contributed by atoms with Crippen LogP contribution in [0.25, 0.3) is 0 Å². The van der Waals surface area contributed by atoms with E-state index in [2.05, 4.69) is 18.9 Å². The van der Waals surface area contributed by atoms with E-state index >= 15 is 0 Å². The summed E-state index contributed by atoms with van der Waals surface area (Å²) in [6.45, 7) is 7.53. The van der Waals surface area contributed by atoms with Gasteiger partial charge < -0.3 is 4.90 Å². The Hall–Kier alpha value is -2.17. The lowest BCUT2D eigenvalue weighted by Gasteiger charge is -2.41. The fraction of sp³-hybridized carbons (Fsp3) is 0.444. The quantitative estimate of drug-likeness (QED) is 0.862. The SMILES string of the molecule is CCn1nc(C(C)C)cc1C(=O)N1CC[C@@H]1c1ccc(F)cc1. The third kappa shape index (κ3) is 2.87. The number of carbonyl (C=O) groups excluding carboxylic acids is 1. The Morgan fingerprint density at radius 2 is 2.04 bits per heavy atom. The van der Waals surface area contributed by atoms with Crippen LogP contribution < -0.4 is 0 Å². The maximum atomic E-state index is 13.1. The van der Waals surface area contributed by atoms with Gasteiger partial charge in [-0.3, -0.25) is 9.48 Å². The van der Waals surface area contributed by atoms with Crippen molar-refractivity contribution in [2.45, 2.75) is 45.7 Å². The number of amides is 1. The summed E-state index contributed by atoms with van der Waals surface area (Å²) in [5.41, 5.74) is 2.56. The Labute approximate surface area is 135 Å². The van der Waals surface area contributed by atoms with E-state index in [1.165, 1.54) is 12.1 Å². The molecule has 0 aliphatic carbocycles. The Bertz CT molecular complexity index is 706. The zero-order chi connectivity index (χ0) is 16.6. The predicted molar refractivity (Wildman–Crippen MR) is 86.8 cm³/mol. The zero-order valence-corrected chi connectivity index (χ0v) is 13.8. The third-order valence-electron chi connectivity index (χ3n) is 4.44. The second kappa shape index (κ2) is 6.14. The highest BCUT2D eigenvalue weighted by atomic mass is 19.1. The summed E-state index contributed by atoms with van der Waals surface area (Å²) >= 11 is 0. The van der Waals surface area contributed by atoms with Crippen LogP contribution in [-0.2, 0) is 6.54 Å². The van der Waals surface area contributed by atoms with E-state index < -0.39 is 0 Å². The fourth-order valence-corrected chi connectivity index (χ4v) is 2.94. The van der Waals surface area contributed by atoms with Crippen LogP contribution in [0.15, 0.2) is 30.3 Å². The van der Waals surface area contributed by atoms with E-state index in [1.807, 2.05) is 17.9 Å². The molecule has 0 saturated carbocycles. The number of aromatic nitrogens is 2. The molecule has 0 spiro atoms. The molecule has 2 aromatic rings. The van der Waals surface area contributed by atoms with Crippen LogP contribution in [0.2, 0.25) is 0 Å². The van der Waals surface area contributed by atoms with E-state index in [0.717, 1.165) is 24.2 Å². The van der Waals surface area contributed by atoms with E-state index in [4.69, 9.17) is 0 Å². The Morgan fingerprint density at radius 3 is 2.57 bits per heavy atom. The molecule has 0 bridgehead atoms. The predicted octanol–water partition coefficient (Wildman–Crippen LogP) is 3.75. The van der Waals surface area contributed by atoms with Gasteiger partial charge in [0.1, 0.15) is 11.5 Å². The fourth-order valence-electron chi connectivity index (χ4n) is 2.94. The van der Waals surface area contributed by atoms with Crippen molar-refractivity contribution in [1.82, 2.24) is 14.7 Å². The van der Waals surface area contributed by atoms with Crippen molar-refractivity contribution in [1.29, 1.82) is 0 Å². The summed E-state index contributed by atoms with van der Waals surface area (Å²) in [6.07, 6.45) is 0.911. The van der Waals surface area contributed by atoms with Crippen LogP contribution in [0, 0.1) is 5.82 Å². The van der Waals surface area contributed by atoms with Crippen molar-refractivity contribution < 1.29 is 9.18 Å². The number of likely N-dealkylation sites (tertiary alicyclic amines) is 1. The van der Waals surface area contributed by atoms with Crippen LogP contribution in [0.1, 0.15) is 60.9 Å². The first kappa shape index (κ1) is 15.7. The van der Waals surface area contributed by atoms with Crippen LogP contribution >= 0.6 is 0 Å². The minimum atomic E-state index is -0.253. The maximum absolute atomic E-state index is 13.1. The van der Waals surface area contributed by atoms with Gasteiger partial charge in [-0.05, 0) is 43.0 Å². The Balaban J connectivity index is 1.84. The van der Waals surface area contributed by atoms with Crippen LogP contribution in [0.3, 0.4) is 0 Å². The van der Waals surface area contributed by atoms with Gasteiger partial charge in [0.15, 0.2) is 0 Å². The molecular formula is C18H22FN3O. The number of carbonyl (C=O) groups is 1. The number of hydrogen-bond acceptors (Lipinski definition) is 2. The number of nitrogens with zero attached hydrogens (tertiary/aromatic N) is 3. The van der Waals surface area contributed by atoms with E-state index in [0.29, 0.717) is 18.2 Å². The standard InChI is InChI=1S/C18H22FN3O/c1-4-22-17(11-15(20-22)12(2)3)18(23)21-10-9-16(21)13-5-7-14(19)8-6-13/h5-8,11-12,16H,4,9-10H2,1-3H3/t16-/m1/s1. The van der Waals surface area contributed by atoms with Crippen molar-refractivity contribution in [3.63, 3.8) is 0 Å². The second-order valence-corrected chi connectivity index (χ2v) is 6.28. The molecular weight excluding hydrogens is 293 g/mol. The highest BCUT2D eigenvalue weighted by Crippen LogP contribution is 2.34. The summed E-state index contributed by atoms with van der Waals surface area (Å²) in [4.78, 5) is 14.7. The molecule has 2 heterocycles. The summed E-state index contributed by atoms with van der Waals surface area (Å²) < 4.78 is 14.9. The first-order valence-corrected chi connectivity index (χ1v) is 8.15. The molecule has 4 nitrogen and oxygen atoms in total. The van der Waals surface area contributed by atoms with E-state index in [1.54, 1.807) is 16.8 Å². The monoisotopic (exact) mass is 315 g/mol. The van der Waals surface area contributed by atoms with Crippen molar-refractivity contribution in [2.24, 2.45) is 0 Å². The first-order chi connectivity index (χ1) is 11.0. The van der Waals surface area contributed by atoms with Crippen LogP contribution in [0.4, 0.5) is 4.39 Å². The summed E-state index contributed by atoms with van der Waals surface area (Å²) in [5.74, 6) is 0.0436. The molecule has 1 saturated heterocycles. The van der Waals surface area contributed by atoms with Gasteiger partial charge >= 0.3 is 0 Å². The summed E-state index contributed by atoms with van der Waals surface area (Å²) in [5, 5.41) is 4.52. The lowest BCUT2D eigenvalue weighted by molar-refractivity contribution is 0.0447. The third-order valence-corrected chi connectivity index (χ3v) is 4.44. The highest BCUT2D eigenvalue weighted by Gasteiger charge is 2.35. The first-order valence-electron chi connectivity index (χ1n) is 8.15.